The van der Waals surface area contributed by atoms with E-state index in [0.717, 1.165) is 11.6 Å². The number of nitrogens with one attached hydrogen (secondary N) is 2. The summed E-state index contributed by atoms with van der Waals surface area (Å²) in [4.78, 5) is 35.9. The zero-order valence-electron chi connectivity index (χ0n) is 16.3. The van der Waals surface area contributed by atoms with Crippen molar-refractivity contribution in [3.63, 3.8) is 0 Å². The third kappa shape index (κ3) is 6.60. The smallest absolute Gasteiger partial charge is 0.411 e. The van der Waals surface area contributed by atoms with Gasteiger partial charge in [-0.25, -0.2) is 9.18 Å². The number of amides is 2. The van der Waals surface area contributed by atoms with Gasteiger partial charge in [-0.05, 0) is 29.7 Å². The number of carbonyl (C=O) groups excluding carboxylic acids is 3. The molecule has 0 aliphatic heterocycles. The van der Waals surface area contributed by atoms with E-state index in [2.05, 4.69) is 15.4 Å². The summed E-state index contributed by atoms with van der Waals surface area (Å²) in [6.45, 7) is 1.84. The maximum atomic E-state index is 14.0. The van der Waals surface area contributed by atoms with Gasteiger partial charge in [-0.3, -0.25) is 14.9 Å². The van der Waals surface area contributed by atoms with Crippen molar-refractivity contribution in [3.05, 3.63) is 65.0 Å². The Morgan fingerprint density at radius 2 is 1.83 bits per heavy atom. The predicted octanol–water partition coefficient (Wildman–Crippen LogP) is 3.43. The Labute approximate surface area is 168 Å². The van der Waals surface area contributed by atoms with Crippen LogP contribution in [0.2, 0.25) is 0 Å². The highest BCUT2D eigenvalue weighted by Gasteiger charge is 2.19. The first-order valence-electron chi connectivity index (χ1n) is 9.09. The first kappa shape index (κ1) is 21.9. The van der Waals surface area contributed by atoms with E-state index in [1.165, 1.54) is 13.2 Å². The molecule has 8 heteroatoms. The van der Waals surface area contributed by atoms with E-state index in [1.54, 1.807) is 6.92 Å². The molecule has 0 aliphatic rings. The Morgan fingerprint density at radius 3 is 2.48 bits per heavy atom. The molecule has 7 nitrogen and oxygen atoms in total. The van der Waals surface area contributed by atoms with Crippen molar-refractivity contribution in [1.29, 1.82) is 0 Å². The Hall–Kier alpha value is -3.42. The van der Waals surface area contributed by atoms with Crippen LogP contribution >= 0.6 is 0 Å². The van der Waals surface area contributed by atoms with Crippen LogP contribution in [-0.2, 0) is 27.3 Å². The van der Waals surface area contributed by atoms with Crippen LogP contribution in [0.1, 0.15) is 34.8 Å². The monoisotopic (exact) mass is 402 g/mol. The number of rotatable bonds is 8. The van der Waals surface area contributed by atoms with Crippen LogP contribution in [0.4, 0.5) is 14.9 Å². The minimum atomic E-state index is -0.765. The molecule has 29 heavy (non-hydrogen) atoms. The summed E-state index contributed by atoms with van der Waals surface area (Å²) in [5.74, 6) is -1.72. The third-order valence-electron chi connectivity index (χ3n) is 4.09. The van der Waals surface area contributed by atoms with Gasteiger partial charge in [0, 0.05) is 6.54 Å². The second kappa shape index (κ2) is 10.8. The van der Waals surface area contributed by atoms with Crippen LogP contribution < -0.4 is 10.6 Å². The fraction of sp³-hybridized carbons (Fsp3) is 0.286. The molecule has 2 aromatic carbocycles. The molecule has 2 rings (SSSR count). The van der Waals surface area contributed by atoms with Crippen LogP contribution in [0.3, 0.4) is 0 Å². The van der Waals surface area contributed by atoms with Crippen LogP contribution in [0.25, 0.3) is 0 Å². The van der Waals surface area contributed by atoms with Gasteiger partial charge >= 0.3 is 12.1 Å². The zero-order valence-corrected chi connectivity index (χ0v) is 16.3. The van der Waals surface area contributed by atoms with E-state index in [4.69, 9.17) is 4.74 Å². The molecule has 0 unspecified atom stereocenters. The van der Waals surface area contributed by atoms with E-state index in [9.17, 15) is 18.8 Å². The molecule has 2 amide bonds. The van der Waals surface area contributed by atoms with Crippen molar-refractivity contribution < 1.29 is 28.2 Å². The van der Waals surface area contributed by atoms with Crippen LogP contribution in [0.15, 0.2) is 42.5 Å². The lowest BCUT2D eigenvalue weighted by molar-refractivity contribution is -0.140. The van der Waals surface area contributed by atoms with Crippen molar-refractivity contribution in [2.75, 3.05) is 19.0 Å². The normalized spacial score (nSPS) is 10.2. The van der Waals surface area contributed by atoms with Crippen molar-refractivity contribution >= 4 is 23.7 Å². The summed E-state index contributed by atoms with van der Waals surface area (Å²) in [6.07, 6.45) is -0.409. The number of aryl methyl sites for hydroxylation is 1. The highest BCUT2D eigenvalue weighted by molar-refractivity contribution is 6.03. The number of methoxy groups -OCH3 is 1. The van der Waals surface area contributed by atoms with E-state index in [-0.39, 0.29) is 30.8 Å². The van der Waals surface area contributed by atoms with Crippen molar-refractivity contribution in [2.24, 2.45) is 0 Å². The number of carbonyl (C=O) groups is 3. The second-order valence-corrected chi connectivity index (χ2v) is 6.11. The Kier molecular flexibility index (Phi) is 8.14. The molecule has 0 spiro atoms. The molecule has 2 aromatic rings. The standard InChI is InChI=1S/C21H23FN2O5/c1-3-15-11-16(22)12-17(20(26)23-10-9-18(25)28-2)19(15)24-21(27)29-13-14-7-5-4-6-8-14/h4-8,11-12H,3,9-10,13H2,1-2H3,(H,23,26)(H,24,27). The van der Waals surface area contributed by atoms with Gasteiger partial charge in [-0.1, -0.05) is 37.3 Å². The van der Waals surface area contributed by atoms with Gasteiger partial charge in [0.05, 0.1) is 24.8 Å². The SMILES string of the molecule is CCc1cc(F)cc(C(=O)NCCC(=O)OC)c1NC(=O)OCc1ccccc1. The Balaban J connectivity index is 2.13. The third-order valence-corrected chi connectivity index (χ3v) is 4.09. The van der Waals surface area contributed by atoms with Gasteiger partial charge < -0.3 is 14.8 Å². The fourth-order valence-corrected chi connectivity index (χ4v) is 2.61. The molecule has 0 bridgehead atoms. The Morgan fingerprint density at radius 1 is 1.10 bits per heavy atom. The van der Waals surface area contributed by atoms with Crippen molar-refractivity contribution in [3.8, 4) is 0 Å². The molecular formula is C21H23FN2O5. The number of benzene rings is 2. The molecule has 2 N–H and O–H groups in total. The minimum Gasteiger partial charge on any atom is -0.469 e. The minimum absolute atomic E-state index is 0.0152. The molecule has 0 atom stereocenters. The van der Waals surface area contributed by atoms with Crippen molar-refractivity contribution in [1.82, 2.24) is 5.32 Å². The summed E-state index contributed by atoms with van der Waals surface area (Å²) >= 11 is 0. The van der Waals surface area contributed by atoms with Gasteiger partial charge in [0.15, 0.2) is 0 Å². The molecule has 0 radical (unpaired) electrons. The number of anilines is 1. The molecule has 0 fully saturated rings. The van der Waals surface area contributed by atoms with Crippen LogP contribution in [-0.4, -0.2) is 31.6 Å². The van der Waals surface area contributed by atoms with Gasteiger partial charge in [0.25, 0.3) is 5.91 Å². The topological polar surface area (TPSA) is 93.7 Å². The van der Waals surface area contributed by atoms with Crippen LogP contribution in [0, 0.1) is 5.82 Å². The second-order valence-electron chi connectivity index (χ2n) is 6.11. The first-order valence-corrected chi connectivity index (χ1v) is 9.09. The molecule has 0 saturated carbocycles. The predicted molar refractivity (Wildman–Crippen MR) is 105 cm³/mol. The van der Waals surface area contributed by atoms with E-state index >= 15 is 0 Å². The summed E-state index contributed by atoms with van der Waals surface area (Å²) in [7, 11) is 1.24. The largest absolute Gasteiger partial charge is 0.469 e. The van der Waals surface area contributed by atoms with E-state index in [1.807, 2.05) is 30.3 Å². The van der Waals surface area contributed by atoms with Gasteiger partial charge in [0.2, 0.25) is 0 Å². The Bertz CT molecular complexity index is 871. The summed E-state index contributed by atoms with van der Waals surface area (Å²) in [5.41, 5.74) is 1.36. The number of ether oxygens (including phenoxy) is 2. The van der Waals surface area contributed by atoms with Crippen LogP contribution in [0.5, 0.6) is 0 Å². The highest BCUT2D eigenvalue weighted by Crippen LogP contribution is 2.24. The van der Waals surface area contributed by atoms with E-state index < -0.39 is 23.8 Å². The molecule has 0 heterocycles. The summed E-state index contributed by atoms with van der Waals surface area (Å²) in [6, 6.07) is 11.4. The fourth-order valence-electron chi connectivity index (χ4n) is 2.61. The number of esters is 1. The summed E-state index contributed by atoms with van der Waals surface area (Å²) in [5, 5.41) is 5.05. The lowest BCUT2D eigenvalue weighted by Crippen LogP contribution is -2.28. The zero-order chi connectivity index (χ0) is 21.2. The van der Waals surface area contributed by atoms with E-state index in [0.29, 0.717) is 12.0 Å². The quantitative estimate of drug-likeness (QED) is 0.660. The lowest BCUT2D eigenvalue weighted by Gasteiger charge is -2.15. The molecule has 0 saturated heterocycles. The molecule has 0 aliphatic carbocycles. The summed E-state index contributed by atoms with van der Waals surface area (Å²) < 4.78 is 23.7. The number of hydrogen-bond donors (Lipinski definition) is 2. The molecule has 0 aromatic heterocycles. The average molecular weight is 402 g/mol. The molecular weight excluding hydrogens is 379 g/mol. The molecule has 154 valence electrons. The van der Waals surface area contributed by atoms with Gasteiger partial charge in [-0.15, -0.1) is 0 Å². The van der Waals surface area contributed by atoms with Gasteiger partial charge in [0.1, 0.15) is 12.4 Å². The van der Waals surface area contributed by atoms with Gasteiger partial charge in [-0.2, -0.15) is 0 Å². The highest BCUT2D eigenvalue weighted by atomic mass is 19.1. The maximum absolute atomic E-state index is 14.0. The average Bonchev–Trinajstić information content (AvgIpc) is 2.73. The van der Waals surface area contributed by atoms with Crippen molar-refractivity contribution in [2.45, 2.75) is 26.4 Å². The lowest BCUT2D eigenvalue weighted by atomic mass is 10.0. The maximum Gasteiger partial charge on any atom is 0.411 e. The number of halogens is 1. The first-order chi connectivity index (χ1) is 13.9. The number of hydrogen-bond acceptors (Lipinski definition) is 5.